The molecule has 3 aromatic rings. The molecule has 0 bridgehead atoms. The Morgan fingerprint density at radius 2 is 1.89 bits per heavy atom. The third kappa shape index (κ3) is 5.71. The number of rotatable bonds is 9. The minimum atomic E-state index is -4.50. The Hall–Kier alpha value is -3.37. The molecule has 1 atom stereocenters. The third-order valence-electron chi connectivity index (χ3n) is 6.53. The molecule has 5 rings (SSSR count). The van der Waals surface area contributed by atoms with Gasteiger partial charge < -0.3 is 14.6 Å². The first-order chi connectivity index (χ1) is 18.2. The Morgan fingerprint density at radius 3 is 2.55 bits per heavy atom. The van der Waals surface area contributed by atoms with E-state index in [-0.39, 0.29) is 28.8 Å². The van der Waals surface area contributed by atoms with Crippen molar-refractivity contribution in [2.45, 2.75) is 18.7 Å². The number of phenols is 1. The highest BCUT2D eigenvalue weighted by molar-refractivity contribution is 7.21. The maximum atomic E-state index is 13.3. The van der Waals surface area contributed by atoms with Crippen LogP contribution in [0, 0.1) is 5.92 Å². The van der Waals surface area contributed by atoms with Crippen LogP contribution in [-0.4, -0.2) is 54.8 Å². The van der Waals surface area contributed by atoms with Gasteiger partial charge >= 0.3 is 6.18 Å². The van der Waals surface area contributed by atoms with Gasteiger partial charge in [-0.3, -0.25) is 14.1 Å². The molecular formula is C28H25F4NO4S. The average Bonchev–Trinajstić information content (AvgIpc) is 3.22. The Labute approximate surface area is 220 Å². The van der Waals surface area contributed by atoms with E-state index < -0.39 is 23.6 Å². The van der Waals surface area contributed by atoms with Gasteiger partial charge in [0.05, 0.1) is 12.2 Å². The summed E-state index contributed by atoms with van der Waals surface area (Å²) in [5, 5.41) is 10.5. The predicted octanol–water partition coefficient (Wildman–Crippen LogP) is 6.37. The van der Waals surface area contributed by atoms with Gasteiger partial charge in [-0.2, -0.15) is 13.2 Å². The largest absolute Gasteiger partial charge is 0.508 e. The number of ether oxygens (including phenoxy) is 2. The average molecular weight is 548 g/mol. The molecule has 1 aromatic heterocycles. The van der Waals surface area contributed by atoms with Crippen LogP contribution in [0.1, 0.15) is 27.2 Å². The molecule has 2 aromatic carbocycles. The standard InChI is InChI=1S/C28H25F4NO4S/c29-14-17-15-33(16-17)11-12-36-21-6-8-22(9-7-21)37-26-23-10-5-20(34)13-24(23)38-27(26)25(35)18-1-3-19(4-2-18)28(30,31)32/h1-8,10,13,17,22,34H,9,11-12,14-16H2. The summed E-state index contributed by atoms with van der Waals surface area (Å²) in [5.41, 5.74) is -0.730. The quantitative estimate of drug-likeness (QED) is 0.249. The molecule has 1 fully saturated rings. The first-order valence-corrected chi connectivity index (χ1v) is 13.0. The molecule has 2 heterocycles. The molecule has 1 unspecified atom stereocenters. The number of carbonyl (C=O) groups excluding carboxylic acids is 1. The van der Waals surface area contributed by atoms with Gasteiger partial charge in [-0.25, -0.2) is 0 Å². The lowest BCUT2D eigenvalue weighted by molar-refractivity contribution is -0.137. The van der Waals surface area contributed by atoms with Crippen molar-refractivity contribution in [1.29, 1.82) is 0 Å². The highest BCUT2D eigenvalue weighted by Crippen LogP contribution is 2.42. The topological polar surface area (TPSA) is 59.0 Å². The number of likely N-dealkylation sites (tertiary alicyclic amines) is 1. The van der Waals surface area contributed by atoms with Gasteiger partial charge in [-0.1, -0.05) is 12.1 Å². The van der Waals surface area contributed by atoms with Gasteiger partial charge in [0.15, 0.2) is 0 Å². The molecule has 0 amide bonds. The second-order valence-corrected chi connectivity index (χ2v) is 10.4. The Morgan fingerprint density at radius 1 is 1.13 bits per heavy atom. The van der Waals surface area contributed by atoms with E-state index in [9.17, 15) is 27.5 Å². The fourth-order valence-electron chi connectivity index (χ4n) is 4.45. The molecule has 0 spiro atoms. The first kappa shape index (κ1) is 26.2. The van der Waals surface area contributed by atoms with Gasteiger partial charge in [0.1, 0.15) is 34.8 Å². The number of fused-ring (bicyclic) bond motifs is 1. The molecular weight excluding hydrogens is 522 g/mol. The van der Waals surface area contributed by atoms with Crippen molar-refractivity contribution in [3.8, 4) is 11.5 Å². The maximum Gasteiger partial charge on any atom is 0.416 e. The van der Waals surface area contributed by atoms with Crippen LogP contribution in [-0.2, 0) is 10.9 Å². The number of alkyl halides is 4. The molecule has 0 saturated carbocycles. The molecule has 5 nitrogen and oxygen atoms in total. The normalized spacial score (nSPS) is 18.3. The van der Waals surface area contributed by atoms with Gasteiger partial charge in [0, 0.05) is 47.6 Å². The van der Waals surface area contributed by atoms with Crippen LogP contribution in [0.3, 0.4) is 0 Å². The van der Waals surface area contributed by atoms with Crippen molar-refractivity contribution in [2.24, 2.45) is 5.92 Å². The minimum absolute atomic E-state index is 0.0274. The van der Waals surface area contributed by atoms with E-state index in [1.54, 1.807) is 12.1 Å². The van der Waals surface area contributed by atoms with Crippen LogP contribution in [0.2, 0.25) is 0 Å². The van der Waals surface area contributed by atoms with Crippen molar-refractivity contribution in [3.63, 3.8) is 0 Å². The summed E-state index contributed by atoms with van der Waals surface area (Å²) in [6.07, 6.45) is 1.11. The highest BCUT2D eigenvalue weighted by Gasteiger charge is 2.31. The van der Waals surface area contributed by atoms with Crippen LogP contribution in [0.25, 0.3) is 10.1 Å². The van der Waals surface area contributed by atoms with Crippen molar-refractivity contribution < 1.29 is 36.9 Å². The van der Waals surface area contributed by atoms with Crippen molar-refractivity contribution in [1.82, 2.24) is 4.90 Å². The summed E-state index contributed by atoms with van der Waals surface area (Å²) < 4.78 is 64.1. The number of phenolic OH excluding ortho intramolecular Hbond substituents is 1. The number of allylic oxidation sites excluding steroid dienone is 1. The molecule has 1 aliphatic heterocycles. The van der Waals surface area contributed by atoms with E-state index in [0.29, 0.717) is 34.6 Å². The zero-order valence-corrected chi connectivity index (χ0v) is 21.0. The SMILES string of the molecule is O=C(c1ccc(C(F)(F)F)cc1)c1sc2cc(O)ccc2c1OC1C=CC(OCCN2CC(CF)C2)=CC1. The first-order valence-electron chi connectivity index (χ1n) is 12.1. The summed E-state index contributed by atoms with van der Waals surface area (Å²) in [5.74, 6) is 0.722. The predicted molar refractivity (Wildman–Crippen MR) is 136 cm³/mol. The molecule has 10 heteroatoms. The number of ketones is 1. The lowest BCUT2D eigenvalue weighted by Gasteiger charge is -2.37. The van der Waals surface area contributed by atoms with Crippen LogP contribution in [0.5, 0.6) is 11.5 Å². The second-order valence-electron chi connectivity index (χ2n) is 9.33. The molecule has 1 aliphatic carbocycles. The summed E-state index contributed by atoms with van der Waals surface area (Å²) in [7, 11) is 0. The Balaban J connectivity index is 1.29. The number of halogens is 4. The van der Waals surface area contributed by atoms with Crippen LogP contribution in [0.15, 0.2) is 66.5 Å². The Bertz CT molecular complexity index is 1370. The van der Waals surface area contributed by atoms with Crippen LogP contribution < -0.4 is 4.74 Å². The minimum Gasteiger partial charge on any atom is -0.508 e. The lowest BCUT2D eigenvalue weighted by Crippen LogP contribution is -2.48. The van der Waals surface area contributed by atoms with Gasteiger partial charge in [-0.05, 0) is 48.6 Å². The lowest BCUT2D eigenvalue weighted by atomic mass is 10.0. The van der Waals surface area contributed by atoms with Gasteiger partial charge in [0.25, 0.3) is 0 Å². The molecule has 38 heavy (non-hydrogen) atoms. The number of aromatic hydroxyl groups is 1. The molecule has 1 saturated heterocycles. The van der Waals surface area contributed by atoms with E-state index in [1.165, 1.54) is 12.1 Å². The van der Waals surface area contributed by atoms with E-state index in [4.69, 9.17) is 9.47 Å². The van der Waals surface area contributed by atoms with Crippen molar-refractivity contribution in [2.75, 3.05) is 32.9 Å². The van der Waals surface area contributed by atoms with Crippen molar-refractivity contribution in [3.05, 3.63) is 82.5 Å². The highest BCUT2D eigenvalue weighted by atomic mass is 32.1. The third-order valence-corrected chi connectivity index (χ3v) is 7.66. The number of nitrogens with zero attached hydrogens (tertiary/aromatic N) is 1. The summed E-state index contributed by atoms with van der Waals surface area (Å²) >= 11 is 1.11. The van der Waals surface area contributed by atoms with Gasteiger partial charge in [0.2, 0.25) is 5.78 Å². The van der Waals surface area contributed by atoms with E-state index in [0.717, 1.165) is 55.2 Å². The summed E-state index contributed by atoms with van der Waals surface area (Å²) in [6.45, 7) is 2.44. The number of benzene rings is 2. The van der Waals surface area contributed by atoms with Crippen molar-refractivity contribution >= 4 is 27.2 Å². The van der Waals surface area contributed by atoms with Crippen LogP contribution in [0.4, 0.5) is 17.6 Å². The Kier molecular flexibility index (Phi) is 7.45. The fourth-order valence-corrected chi connectivity index (χ4v) is 5.58. The van der Waals surface area contributed by atoms with Gasteiger partial charge in [-0.15, -0.1) is 11.3 Å². The number of hydrogen-bond acceptors (Lipinski definition) is 6. The number of thiophene rings is 1. The zero-order valence-electron chi connectivity index (χ0n) is 20.2. The maximum absolute atomic E-state index is 13.3. The summed E-state index contributed by atoms with van der Waals surface area (Å²) in [4.78, 5) is 15.7. The molecule has 0 radical (unpaired) electrons. The van der Waals surface area contributed by atoms with E-state index in [2.05, 4.69) is 4.90 Å². The molecule has 2 aliphatic rings. The smallest absolute Gasteiger partial charge is 0.416 e. The monoisotopic (exact) mass is 547 g/mol. The number of hydrogen-bond donors (Lipinski definition) is 1. The fraction of sp³-hybridized carbons (Fsp3) is 0.321. The molecule has 200 valence electrons. The van der Waals surface area contributed by atoms with E-state index in [1.807, 2.05) is 12.2 Å². The van der Waals surface area contributed by atoms with E-state index >= 15 is 0 Å². The number of carbonyl (C=O) groups is 1. The second kappa shape index (κ2) is 10.8. The van der Waals surface area contributed by atoms with Crippen LogP contribution >= 0.6 is 11.3 Å². The summed E-state index contributed by atoms with van der Waals surface area (Å²) in [6, 6.07) is 8.73. The molecule has 1 N–H and O–H groups in total. The zero-order chi connectivity index (χ0) is 26.9.